The Morgan fingerprint density at radius 3 is 2.67 bits per heavy atom. The Bertz CT molecular complexity index is 847. The summed E-state index contributed by atoms with van der Waals surface area (Å²) in [5, 5.41) is 0.406. The smallest absolute Gasteiger partial charge is 0.258 e. The molecular formula is C16H13FN2OS. The van der Waals surface area contributed by atoms with Gasteiger partial charge in [-0.05, 0) is 31.2 Å². The van der Waals surface area contributed by atoms with Crippen molar-refractivity contribution in [2.75, 3.05) is 0 Å². The molecule has 3 aromatic rings. The molecule has 0 bridgehead atoms. The monoisotopic (exact) mass is 300 g/mol. The molecule has 0 unspecified atom stereocenters. The molecule has 2 aromatic carbocycles. The summed E-state index contributed by atoms with van der Waals surface area (Å²) in [4.78, 5) is 19.8. The second kappa shape index (κ2) is 5.69. The number of aromatic amines is 1. The molecule has 0 aliphatic carbocycles. The predicted octanol–water partition coefficient (Wildman–Crippen LogP) is 3.92. The topological polar surface area (TPSA) is 45.8 Å². The maximum Gasteiger partial charge on any atom is 0.258 e. The van der Waals surface area contributed by atoms with Gasteiger partial charge < -0.3 is 4.98 Å². The number of rotatable bonds is 3. The van der Waals surface area contributed by atoms with Crippen molar-refractivity contribution in [3.05, 3.63) is 70.5 Å². The van der Waals surface area contributed by atoms with E-state index in [1.54, 1.807) is 36.4 Å². The highest BCUT2D eigenvalue weighted by molar-refractivity contribution is 7.99. The summed E-state index contributed by atoms with van der Waals surface area (Å²) < 4.78 is 13.7. The highest BCUT2D eigenvalue weighted by Gasteiger charge is 2.14. The summed E-state index contributed by atoms with van der Waals surface area (Å²) in [6, 6.07) is 13.8. The van der Waals surface area contributed by atoms with E-state index in [0.717, 1.165) is 0 Å². The molecule has 0 amide bonds. The normalized spacial score (nSPS) is 12.5. The minimum Gasteiger partial charge on any atom is -0.309 e. The molecule has 1 heterocycles. The third kappa shape index (κ3) is 2.83. The lowest BCUT2D eigenvalue weighted by atomic mass is 10.2. The van der Waals surface area contributed by atoms with E-state index in [4.69, 9.17) is 0 Å². The molecule has 0 radical (unpaired) electrons. The van der Waals surface area contributed by atoms with E-state index in [1.807, 2.05) is 13.0 Å². The highest BCUT2D eigenvalue weighted by atomic mass is 32.2. The van der Waals surface area contributed by atoms with Crippen molar-refractivity contribution in [1.82, 2.24) is 9.97 Å². The van der Waals surface area contributed by atoms with Gasteiger partial charge in [-0.25, -0.2) is 9.37 Å². The van der Waals surface area contributed by atoms with Gasteiger partial charge in [-0.3, -0.25) is 4.79 Å². The predicted molar refractivity (Wildman–Crippen MR) is 83.0 cm³/mol. The molecule has 3 nitrogen and oxygen atoms in total. The fourth-order valence-corrected chi connectivity index (χ4v) is 3.03. The first-order valence-corrected chi connectivity index (χ1v) is 7.43. The Morgan fingerprint density at radius 1 is 1.14 bits per heavy atom. The molecule has 0 spiro atoms. The lowest BCUT2D eigenvalue weighted by Gasteiger charge is -2.11. The van der Waals surface area contributed by atoms with Crippen molar-refractivity contribution in [1.29, 1.82) is 0 Å². The second-order valence-electron chi connectivity index (χ2n) is 4.66. The van der Waals surface area contributed by atoms with Crippen molar-refractivity contribution < 1.29 is 4.39 Å². The number of H-pyrrole nitrogens is 1. The van der Waals surface area contributed by atoms with Crippen LogP contribution in [0.1, 0.15) is 18.0 Å². The lowest BCUT2D eigenvalue weighted by Crippen LogP contribution is -2.12. The van der Waals surface area contributed by atoms with Gasteiger partial charge in [0, 0.05) is 4.90 Å². The van der Waals surface area contributed by atoms with Crippen molar-refractivity contribution in [3.8, 4) is 0 Å². The van der Waals surface area contributed by atoms with Crippen LogP contribution in [0.25, 0.3) is 10.9 Å². The molecular weight excluding hydrogens is 287 g/mol. The van der Waals surface area contributed by atoms with Crippen LogP contribution in [-0.4, -0.2) is 9.97 Å². The molecule has 106 valence electrons. The Kier molecular flexibility index (Phi) is 3.75. The quantitative estimate of drug-likeness (QED) is 0.746. The molecule has 5 heteroatoms. The van der Waals surface area contributed by atoms with Crippen LogP contribution in [0.15, 0.2) is 58.2 Å². The fraction of sp³-hybridized carbons (Fsp3) is 0.125. The number of nitrogens with zero attached hydrogens (tertiary/aromatic N) is 1. The summed E-state index contributed by atoms with van der Waals surface area (Å²) in [6.45, 7) is 1.89. The van der Waals surface area contributed by atoms with Gasteiger partial charge in [0.25, 0.3) is 5.56 Å². The number of fused-ring (bicyclic) bond motifs is 1. The van der Waals surface area contributed by atoms with E-state index in [9.17, 15) is 9.18 Å². The van der Waals surface area contributed by atoms with Gasteiger partial charge in [0.05, 0.1) is 16.2 Å². The van der Waals surface area contributed by atoms with Gasteiger partial charge >= 0.3 is 0 Å². The van der Waals surface area contributed by atoms with Crippen LogP contribution >= 0.6 is 11.8 Å². The maximum atomic E-state index is 13.7. The number of halogens is 1. The molecule has 3 rings (SSSR count). The summed E-state index contributed by atoms with van der Waals surface area (Å²) in [5.41, 5.74) is 0.480. The van der Waals surface area contributed by atoms with E-state index in [0.29, 0.717) is 21.6 Å². The molecule has 0 saturated heterocycles. The van der Waals surface area contributed by atoms with Gasteiger partial charge in [0.1, 0.15) is 11.6 Å². The number of thioether (sulfide) groups is 1. The van der Waals surface area contributed by atoms with Crippen LogP contribution in [0, 0.1) is 5.82 Å². The highest BCUT2D eigenvalue weighted by Crippen LogP contribution is 2.34. The van der Waals surface area contributed by atoms with Crippen molar-refractivity contribution in [2.24, 2.45) is 0 Å². The van der Waals surface area contributed by atoms with Crippen LogP contribution in [0.3, 0.4) is 0 Å². The number of aromatic nitrogens is 2. The first-order valence-electron chi connectivity index (χ1n) is 6.55. The van der Waals surface area contributed by atoms with E-state index in [-0.39, 0.29) is 16.6 Å². The maximum absolute atomic E-state index is 13.7. The zero-order valence-electron chi connectivity index (χ0n) is 11.3. The van der Waals surface area contributed by atoms with E-state index in [2.05, 4.69) is 9.97 Å². The van der Waals surface area contributed by atoms with Crippen molar-refractivity contribution in [2.45, 2.75) is 17.1 Å². The van der Waals surface area contributed by atoms with Crippen molar-refractivity contribution in [3.63, 3.8) is 0 Å². The van der Waals surface area contributed by atoms with E-state index >= 15 is 0 Å². The van der Waals surface area contributed by atoms with Crippen LogP contribution in [0.4, 0.5) is 4.39 Å². The summed E-state index contributed by atoms with van der Waals surface area (Å²) >= 11 is 1.33. The summed E-state index contributed by atoms with van der Waals surface area (Å²) in [5.74, 6) is 0.282. The molecule has 21 heavy (non-hydrogen) atoms. The first kappa shape index (κ1) is 13.8. The van der Waals surface area contributed by atoms with Gasteiger partial charge in [-0.2, -0.15) is 0 Å². The average Bonchev–Trinajstić information content (AvgIpc) is 2.49. The molecule has 1 N–H and O–H groups in total. The standard InChI is InChI=1S/C16H13FN2OS/c1-10(21-14-9-5-3-7-12(14)17)15-18-13-8-4-2-6-11(13)16(20)19-15/h2-10H,1H3,(H,18,19,20)/t10-/m1/s1. The van der Waals surface area contributed by atoms with Crippen LogP contribution < -0.4 is 5.56 Å². The SMILES string of the molecule is C[C@@H](Sc1ccccc1F)c1nc2ccccc2c(=O)[nH]1. The van der Waals surface area contributed by atoms with Gasteiger partial charge in [-0.1, -0.05) is 24.3 Å². The largest absolute Gasteiger partial charge is 0.309 e. The third-order valence-corrected chi connectivity index (χ3v) is 4.32. The average molecular weight is 300 g/mol. The fourth-order valence-electron chi connectivity index (χ4n) is 2.08. The zero-order valence-corrected chi connectivity index (χ0v) is 12.2. The molecule has 0 fully saturated rings. The summed E-state index contributed by atoms with van der Waals surface area (Å²) in [6.07, 6.45) is 0. The number of hydrogen-bond acceptors (Lipinski definition) is 3. The third-order valence-electron chi connectivity index (χ3n) is 3.16. The molecule has 1 aromatic heterocycles. The first-order chi connectivity index (χ1) is 10.1. The Labute approximate surface area is 125 Å². The van der Waals surface area contributed by atoms with Crippen molar-refractivity contribution >= 4 is 22.7 Å². The number of nitrogens with one attached hydrogen (secondary N) is 1. The van der Waals surface area contributed by atoms with Crippen LogP contribution in [-0.2, 0) is 0 Å². The number of para-hydroxylation sites is 1. The number of benzene rings is 2. The van der Waals surface area contributed by atoms with E-state index in [1.165, 1.54) is 17.8 Å². The Hall–Kier alpha value is -2.14. The summed E-state index contributed by atoms with van der Waals surface area (Å²) in [7, 11) is 0. The Balaban J connectivity index is 1.97. The molecule has 0 aliphatic rings. The minimum absolute atomic E-state index is 0.154. The zero-order chi connectivity index (χ0) is 14.8. The Morgan fingerprint density at radius 2 is 1.86 bits per heavy atom. The van der Waals surface area contributed by atoms with Gasteiger partial charge in [-0.15, -0.1) is 11.8 Å². The molecule has 1 atom stereocenters. The lowest BCUT2D eigenvalue weighted by molar-refractivity contribution is 0.601. The molecule has 0 saturated carbocycles. The number of hydrogen-bond donors (Lipinski definition) is 1. The van der Waals surface area contributed by atoms with E-state index < -0.39 is 0 Å². The van der Waals surface area contributed by atoms with Crippen LogP contribution in [0.2, 0.25) is 0 Å². The van der Waals surface area contributed by atoms with Crippen LogP contribution in [0.5, 0.6) is 0 Å². The van der Waals surface area contributed by atoms with Gasteiger partial charge in [0.15, 0.2) is 0 Å². The molecule has 0 aliphatic heterocycles. The van der Waals surface area contributed by atoms with Gasteiger partial charge in [0.2, 0.25) is 0 Å². The minimum atomic E-state index is -0.266. The second-order valence-corrected chi connectivity index (χ2v) is 6.04.